The lowest BCUT2D eigenvalue weighted by molar-refractivity contribution is 0.0526. The fraction of sp³-hybridized carbons (Fsp3) is 0.240. The summed E-state index contributed by atoms with van der Waals surface area (Å²) < 4.78 is 13.9. The van der Waals surface area contributed by atoms with E-state index in [4.69, 9.17) is 9.15 Å². The van der Waals surface area contributed by atoms with Crippen molar-refractivity contribution in [2.24, 2.45) is 0 Å². The molecule has 3 heterocycles. The van der Waals surface area contributed by atoms with Gasteiger partial charge < -0.3 is 18.8 Å². The molecule has 0 aliphatic heterocycles. The number of rotatable bonds is 6. The number of ether oxygens (including phenoxy) is 1. The summed E-state index contributed by atoms with van der Waals surface area (Å²) >= 11 is 0. The number of para-hydroxylation sites is 2. The predicted molar refractivity (Wildman–Crippen MR) is 124 cm³/mol. The number of nitrogens with zero attached hydrogens (tertiary/aromatic N) is 3. The molecule has 168 valence electrons. The molecule has 0 amide bonds. The van der Waals surface area contributed by atoms with E-state index in [0.29, 0.717) is 0 Å². The first-order valence-electron chi connectivity index (χ1n) is 10.8. The number of aliphatic hydroxyl groups is 1. The molecule has 1 atom stereocenters. The first-order valence-corrected chi connectivity index (χ1v) is 10.8. The van der Waals surface area contributed by atoms with Crippen molar-refractivity contribution in [3.63, 3.8) is 0 Å². The Morgan fingerprint density at radius 3 is 2.36 bits per heavy atom. The molecule has 8 nitrogen and oxygen atoms in total. The van der Waals surface area contributed by atoms with Gasteiger partial charge in [0.05, 0.1) is 25.8 Å². The van der Waals surface area contributed by atoms with Gasteiger partial charge >= 0.3 is 5.97 Å². The second kappa shape index (κ2) is 8.22. The van der Waals surface area contributed by atoms with E-state index >= 15 is 0 Å². The Morgan fingerprint density at radius 1 is 1.09 bits per heavy atom. The van der Waals surface area contributed by atoms with E-state index < -0.39 is 17.6 Å². The van der Waals surface area contributed by atoms with Crippen molar-refractivity contribution in [3.8, 4) is 0 Å². The van der Waals surface area contributed by atoms with Crippen molar-refractivity contribution in [2.75, 3.05) is 6.61 Å². The molecule has 5 rings (SSSR count). The van der Waals surface area contributed by atoms with Crippen molar-refractivity contribution in [1.82, 2.24) is 14.1 Å². The number of benzene rings is 2. The molecule has 0 bridgehead atoms. The molecule has 8 heteroatoms. The zero-order valence-corrected chi connectivity index (χ0v) is 18.3. The van der Waals surface area contributed by atoms with Crippen molar-refractivity contribution in [1.29, 1.82) is 0 Å². The van der Waals surface area contributed by atoms with Gasteiger partial charge in [-0.2, -0.15) is 0 Å². The van der Waals surface area contributed by atoms with Crippen LogP contribution in [0, 0.1) is 6.92 Å². The maximum atomic E-state index is 13.2. The van der Waals surface area contributed by atoms with Crippen LogP contribution < -0.4 is 5.56 Å². The Labute approximate surface area is 188 Å². The Bertz CT molecular complexity index is 1510. The third kappa shape index (κ3) is 3.48. The van der Waals surface area contributed by atoms with Crippen molar-refractivity contribution < 1.29 is 19.1 Å². The van der Waals surface area contributed by atoms with Crippen LogP contribution in [0.5, 0.6) is 0 Å². The van der Waals surface area contributed by atoms with Crippen molar-refractivity contribution in [2.45, 2.75) is 33.0 Å². The molecule has 0 saturated carbocycles. The topological polar surface area (TPSA) is 99.5 Å². The van der Waals surface area contributed by atoms with Gasteiger partial charge in [0, 0.05) is 21.8 Å². The summed E-state index contributed by atoms with van der Waals surface area (Å²) in [4.78, 5) is 29.7. The van der Waals surface area contributed by atoms with Crippen LogP contribution in [0.25, 0.3) is 32.9 Å². The van der Waals surface area contributed by atoms with E-state index in [9.17, 15) is 14.7 Å². The fourth-order valence-corrected chi connectivity index (χ4v) is 4.41. The third-order valence-corrected chi connectivity index (χ3v) is 5.81. The second-order valence-corrected chi connectivity index (χ2v) is 7.93. The van der Waals surface area contributed by atoms with Gasteiger partial charge in [-0.15, -0.1) is 0 Å². The van der Waals surface area contributed by atoms with Crippen LogP contribution in [0.15, 0.2) is 64.1 Å². The van der Waals surface area contributed by atoms with Crippen LogP contribution >= 0.6 is 0 Å². The monoisotopic (exact) mass is 445 g/mol. The maximum Gasteiger partial charge on any atom is 0.342 e. The van der Waals surface area contributed by atoms with Crippen LogP contribution in [-0.4, -0.2) is 37.9 Å². The number of carbonyl (C=O) groups is 1. The standard InChI is InChI=1S/C25H23N3O5/c1-3-32-25(31)21-15(2)33-23-22(21)24(30)27(14-26-23)12-16(29)13-28-19-10-6-4-8-17(19)18-9-5-7-11-20(18)28/h4-11,14,16,29H,3,12-13H2,1-2H3/t16-/m0/s1. The summed E-state index contributed by atoms with van der Waals surface area (Å²) in [5.41, 5.74) is 1.72. The maximum absolute atomic E-state index is 13.2. The minimum absolute atomic E-state index is 0.00903. The summed E-state index contributed by atoms with van der Waals surface area (Å²) in [7, 11) is 0. The summed E-state index contributed by atoms with van der Waals surface area (Å²) in [6.45, 7) is 3.76. The number of hydrogen-bond donors (Lipinski definition) is 1. The second-order valence-electron chi connectivity index (χ2n) is 7.93. The molecule has 0 saturated heterocycles. The number of aliphatic hydroxyl groups excluding tert-OH is 1. The molecule has 0 aliphatic carbocycles. The molecule has 0 aliphatic rings. The molecule has 0 radical (unpaired) electrons. The van der Waals surface area contributed by atoms with Crippen LogP contribution in [0.2, 0.25) is 0 Å². The number of carbonyl (C=O) groups excluding carboxylic acids is 1. The quantitative estimate of drug-likeness (QED) is 0.401. The summed E-state index contributed by atoms with van der Waals surface area (Å²) in [6.07, 6.45) is 0.456. The van der Waals surface area contributed by atoms with E-state index in [1.807, 2.05) is 36.4 Å². The largest absolute Gasteiger partial charge is 0.462 e. The van der Waals surface area contributed by atoms with Gasteiger partial charge in [-0.1, -0.05) is 36.4 Å². The average Bonchev–Trinajstić information content (AvgIpc) is 3.31. The Balaban J connectivity index is 1.51. The van der Waals surface area contributed by atoms with Gasteiger partial charge in [0.25, 0.3) is 5.56 Å². The first kappa shape index (κ1) is 21.0. The molecule has 0 unspecified atom stereocenters. The van der Waals surface area contributed by atoms with Crippen LogP contribution in [0.3, 0.4) is 0 Å². The molecule has 5 aromatic rings. The van der Waals surface area contributed by atoms with Gasteiger partial charge in [-0.3, -0.25) is 9.36 Å². The summed E-state index contributed by atoms with van der Waals surface area (Å²) in [5, 5.41) is 13.2. The van der Waals surface area contributed by atoms with Crippen LogP contribution in [0.1, 0.15) is 23.0 Å². The van der Waals surface area contributed by atoms with E-state index in [1.54, 1.807) is 13.8 Å². The molecule has 0 spiro atoms. The fourth-order valence-electron chi connectivity index (χ4n) is 4.41. The highest BCUT2D eigenvalue weighted by atomic mass is 16.5. The minimum Gasteiger partial charge on any atom is -0.462 e. The molecule has 2 aromatic carbocycles. The molecular formula is C25H23N3O5. The lowest BCUT2D eigenvalue weighted by atomic mass is 10.2. The average molecular weight is 445 g/mol. The smallest absolute Gasteiger partial charge is 0.342 e. The van der Waals surface area contributed by atoms with Crippen molar-refractivity contribution >= 4 is 38.9 Å². The highest BCUT2D eigenvalue weighted by Gasteiger charge is 2.24. The molecule has 1 N–H and O–H groups in total. The van der Waals surface area contributed by atoms with Gasteiger partial charge in [0.1, 0.15) is 23.0 Å². The van der Waals surface area contributed by atoms with Gasteiger partial charge in [0.15, 0.2) is 0 Å². The van der Waals surface area contributed by atoms with E-state index in [1.165, 1.54) is 10.9 Å². The lowest BCUT2D eigenvalue weighted by Crippen LogP contribution is -2.30. The number of esters is 1. The van der Waals surface area contributed by atoms with E-state index in [-0.39, 0.29) is 42.1 Å². The van der Waals surface area contributed by atoms with Crippen LogP contribution in [0.4, 0.5) is 0 Å². The number of hydrogen-bond acceptors (Lipinski definition) is 6. The Kier molecular flexibility index (Phi) is 5.22. The van der Waals surface area contributed by atoms with Gasteiger partial charge in [0.2, 0.25) is 5.71 Å². The highest BCUT2D eigenvalue weighted by molar-refractivity contribution is 6.08. The summed E-state index contributed by atoms with van der Waals surface area (Å²) in [6, 6.07) is 16.1. The number of aryl methyl sites for hydroxylation is 1. The van der Waals surface area contributed by atoms with E-state index in [0.717, 1.165) is 21.8 Å². The predicted octanol–water partition coefficient (Wildman–Crippen LogP) is 3.64. The zero-order valence-electron chi connectivity index (χ0n) is 18.3. The first-order chi connectivity index (χ1) is 16.0. The molecule has 3 aromatic heterocycles. The SMILES string of the molecule is CCOC(=O)c1c(C)oc2ncn(C[C@H](O)Cn3c4ccccc4c4ccccc43)c(=O)c12. The van der Waals surface area contributed by atoms with Crippen molar-refractivity contribution in [3.05, 3.63) is 76.5 Å². The normalized spacial score (nSPS) is 12.6. The molecular weight excluding hydrogens is 422 g/mol. The minimum atomic E-state index is -0.875. The highest BCUT2D eigenvalue weighted by Crippen LogP contribution is 2.29. The Morgan fingerprint density at radius 2 is 1.73 bits per heavy atom. The number of fused-ring (bicyclic) bond motifs is 4. The summed E-state index contributed by atoms with van der Waals surface area (Å²) in [5.74, 6) is -0.354. The number of furan rings is 1. The third-order valence-electron chi connectivity index (χ3n) is 5.81. The van der Waals surface area contributed by atoms with E-state index in [2.05, 4.69) is 21.7 Å². The van der Waals surface area contributed by atoms with Gasteiger partial charge in [-0.25, -0.2) is 9.78 Å². The number of aromatic nitrogens is 3. The lowest BCUT2D eigenvalue weighted by Gasteiger charge is -2.15. The van der Waals surface area contributed by atoms with Crippen LogP contribution in [-0.2, 0) is 17.8 Å². The Hall–Kier alpha value is -3.91. The molecule has 33 heavy (non-hydrogen) atoms. The zero-order chi connectivity index (χ0) is 23.1. The van der Waals surface area contributed by atoms with Gasteiger partial charge in [-0.05, 0) is 26.0 Å². The molecule has 0 fully saturated rings.